The van der Waals surface area contributed by atoms with Crippen molar-refractivity contribution in [3.05, 3.63) is 17.7 Å². The Hall–Kier alpha value is -1.46. The van der Waals surface area contributed by atoms with Crippen LogP contribution in [0.25, 0.3) is 0 Å². The lowest BCUT2D eigenvalue weighted by Crippen LogP contribution is -2.27. The number of nitrogens with zero attached hydrogens (tertiary/aromatic N) is 2. The third-order valence-corrected chi connectivity index (χ3v) is 4.66. The number of rotatable bonds is 4. The Labute approximate surface area is 123 Å². The SMILES string of the molecule is CCC1(CC)CCN(c2cc(C(F)(F)F)cc(NC)n2)C1. The molecule has 2 rings (SSSR count). The molecule has 1 aromatic heterocycles. The van der Waals surface area contributed by atoms with Crippen molar-refractivity contribution in [3.63, 3.8) is 0 Å². The molecule has 1 N–H and O–H groups in total. The average Bonchev–Trinajstić information content (AvgIpc) is 2.91. The smallest absolute Gasteiger partial charge is 0.373 e. The molecule has 0 spiro atoms. The Morgan fingerprint density at radius 3 is 2.43 bits per heavy atom. The average molecular weight is 301 g/mol. The first-order valence-corrected chi connectivity index (χ1v) is 7.35. The molecule has 0 amide bonds. The lowest BCUT2D eigenvalue weighted by molar-refractivity contribution is -0.137. The van der Waals surface area contributed by atoms with Gasteiger partial charge in [0.1, 0.15) is 11.6 Å². The van der Waals surface area contributed by atoms with Crippen molar-refractivity contribution in [2.45, 2.75) is 39.3 Å². The molecule has 0 aliphatic carbocycles. The van der Waals surface area contributed by atoms with Crippen molar-refractivity contribution >= 4 is 11.6 Å². The van der Waals surface area contributed by atoms with Crippen LogP contribution in [0.4, 0.5) is 24.8 Å². The number of hydrogen-bond donors (Lipinski definition) is 1. The molecule has 1 aliphatic heterocycles. The predicted molar refractivity (Wildman–Crippen MR) is 78.6 cm³/mol. The van der Waals surface area contributed by atoms with Gasteiger partial charge in [-0.3, -0.25) is 0 Å². The number of alkyl halides is 3. The molecule has 0 radical (unpaired) electrons. The second-order valence-corrected chi connectivity index (χ2v) is 5.73. The zero-order valence-electron chi connectivity index (χ0n) is 12.7. The monoisotopic (exact) mass is 301 g/mol. The minimum absolute atomic E-state index is 0.204. The van der Waals surface area contributed by atoms with Gasteiger partial charge < -0.3 is 10.2 Å². The summed E-state index contributed by atoms with van der Waals surface area (Å²) in [5, 5.41) is 2.71. The lowest BCUT2D eigenvalue weighted by Gasteiger charge is -2.27. The Morgan fingerprint density at radius 2 is 1.95 bits per heavy atom. The zero-order chi connectivity index (χ0) is 15.7. The van der Waals surface area contributed by atoms with E-state index in [4.69, 9.17) is 0 Å². The second kappa shape index (κ2) is 5.73. The van der Waals surface area contributed by atoms with Crippen molar-refractivity contribution in [2.75, 3.05) is 30.4 Å². The van der Waals surface area contributed by atoms with Crippen LogP contribution in [-0.4, -0.2) is 25.1 Å². The van der Waals surface area contributed by atoms with Crippen LogP contribution in [-0.2, 0) is 6.18 Å². The third kappa shape index (κ3) is 3.24. The summed E-state index contributed by atoms with van der Waals surface area (Å²) >= 11 is 0. The molecule has 1 fully saturated rings. The maximum atomic E-state index is 13.0. The van der Waals surface area contributed by atoms with Crippen LogP contribution in [0.3, 0.4) is 0 Å². The minimum Gasteiger partial charge on any atom is -0.373 e. The Bertz CT molecular complexity index is 495. The summed E-state index contributed by atoms with van der Waals surface area (Å²) in [6, 6.07) is 2.20. The largest absolute Gasteiger partial charge is 0.416 e. The van der Waals surface area contributed by atoms with Crippen LogP contribution in [0, 0.1) is 5.41 Å². The highest BCUT2D eigenvalue weighted by Gasteiger charge is 2.37. The topological polar surface area (TPSA) is 28.2 Å². The molecular formula is C15H22F3N3. The Morgan fingerprint density at radius 1 is 1.29 bits per heavy atom. The maximum absolute atomic E-state index is 13.0. The van der Waals surface area contributed by atoms with Crippen LogP contribution < -0.4 is 10.2 Å². The molecule has 1 aromatic rings. The highest BCUT2D eigenvalue weighted by molar-refractivity contribution is 5.52. The van der Waals surface area contributed by atoms with E-state index in [1.807, 2.05) is 4.90 Å². The maximum Gasteiger partial charge on any atom is 0.416 e. The zero-order valence-corrected chi connectivity index (χ0v) is 12.7. The number of hydrogen-bond acceptors (Lipinski definition) is 3. The molecule has 1 aliphatic rings. The van der Waals surface area contributed by atoms with Crippen LogP contribution in [0.5, 0.6) is 0 Å². The molecule has 118 valence electrons. The summed E-state index contributed by atoms with van der Waals surface area (Å²) in [6.07, 6.45) is -1.27. The predicted octanol–water partition coefficient (Wildman–Crippen LogP) is 4.16. The molecule has 0 atom stereocenters. The minimum atomic E-state index is -4.35. The molecule has 2 heterocycles. The van der Waals surface area contributed by atoms with Crippen molar-refractivity contribution < 1.29 is 13.2 Å². The van der Waals surface area contributed by atoms with Crippen molar-refractivity contribution in [3.8, 4) is 0 Å². The standard InChI is InChI=1S/C15H22F3N3/c1-4-14(5-2)6-7-21(10-14)13-9-11(15(16,17)18)8-12(19-3)20-13/h8-9H,4-7,10H2,1-3H3,(H,19,20). The van der Waals surface area contributed by atoms with E-state index in [0.717, 1.165) is 44.5 Å². The number of nitrogens with one attached hydrogen (secondary N) is 1. The summed E-state index contributed by atoms with van der Waals surface area (Å²) < 4.78 is 38.9. The molecular weight excluding hydrogens is 279 g/mol. The highest BCUT2D eigenvalue weighted by atomic mass is 19.4. The molecule has 1 saturated heterocycles. The fraction of sp³-hybridized carbons (Fsp3) is 0.667. The van der Waals surface area contributed by atoms with Crippen LogP contribution in [0.15, 0.2) is 12.1 Å². The number of pyridine rings is 1. The third-order valence-electron chi connectivity index (χ3n) is 4.66. The van der Waals surface area contributed by atoms with Gasteiger partial charge in [0.15, 0.2) is 0 Å². The summed E-state index contributed by atoms with van der Waals surface area (Å²) in [4.78, 5) is 6.27. The molecule has 6 heteroatoms. The van der Waals surface area contributed by atoms with Gasteiger partial charge in [-0.15, -0.1) is 0 Å². The quantitative estimate of drug-likeness (QED) is 0.905. The van der Waals surface area contributed by atoms with Gasteiger partial charge in [-0.05, 0) is 36.8 Å². The van der Waals surface area contributed by atoms with Gasteiger partial charge >= 0.3 is 6.18 Å². The number of anilines is 2. The fourth-order valence-corrected chi connectivity index (χ4v) is 2.93. The lowest BCUT2D eigenvalue weighted by atomic mass is 9.82. The van der Waals surface area contributed by atoms with Gasteiger partial charge in [-0.25, -0.2) is 4.98 Å². The van der Waals surface area contributed by atoms with Gasteiger partial charge in [0.05, 0.1) is 5.56 Å². The van der Waals surface area contributed by atoms with E-state index < -0.39 is 11.7 Å². The van der Waals surface area contributed by atoms with Crippen molar-refractivity contribution in [1.82, 2.24) is 4.98 Å². The number of aromatic nitrogens is 1. The second-order valence-electron chi connectivity index (χ2n) is 5.73. The molecule has 0 aromatic carbocycles. The molecule has 3 nitrogen and oxygen atoms in total. The van der Waals surface area contributed by atoms with E-state index in [1.165, 1.54) is 0 Å². The fourth-order valence-electron chi connectivity index (χ4n) is 2.93. The van der Waals surface area contributed by atoms with E-state index in [-0.39, 0.29) is 11.2 Å². The van der Waals surface area contributed by atoms with Gasteiger partial charge in [0.2, 0.25) is 0 Å². The Balaban J connectivity index is 2.32. The molecule has 0 unspecified atom stereocenters. The van der Waals surface area contributed by atoms with Gasteiger partial charge in [-0.1, -0.05) is 13.8 Å². The van der Waals surface area contributed by atoms with Crippen LogP contribution in [0.1, 0.15) is 38.7 Å². The highest BCUT2D eigenvalue weighted by Crippen LogP contribution is 2.40. The Kier molecular flexibility index (Phi) is 4.35. The van der Waals surface area contributed by atoms with E-state index in [1.54, 1.807) is 7.05 Å². The van der Waals surface area contributed by atoms with Gasteiger partial charge in [0.25, 0.3) is 0 Å². The van der Waals surface area contributed by atoms with Crippen molar-refractivity contribution in [1.29, 1.82) is 0 Å². The van der Waals surface area contributed by atoms with E-state index >= 15 is 0 Å². The molecule has 0 saturated carbocycles. The summed E-state index contributed by atoms with van der Waals surface area (Å²) in [6.45, 7) is 5.83. The summed E-state index contributed by atoms with van der Waals surface area (Å²) in [5.41, 5.74) is -0.447. The molecule has 0 bridgehead atoms. The number of halogens is 3. The van der Waals surface area contributed by atoms with E-state index in [0.29, 0.717) is 5.82 Å². The first-order chi connectivity index (χ1) is 9.83. The summed E-state index contributed by atoms with van der Waals surface area (Å²) in [7, 11) is 1.58. The van der Waals surface area contributed by atoms with Crippen LogP contribution >= 0.6 is 0 Å². The first kappa shape index (κ1) is 15.9. The van der Waals surface area contributed by atoms with Gasteiger partial charge in [0, 0.05) is 20.1 Å². The molecule has 21 heavy (non-hydrogen) atoms. The normalized spacial score (nSPS) is 18.1. The van der Waals surface area contributed by atoms with Crippen molar-refractivity contribution in [2.24, 2.45) is 5.41 Å². The van der Waals surface area contributed by atoms with Gasteiger partial charge in [-0.2, -0.15) is 13.2 Å². The van der Waals surface area contributed by atoms with Crippen LogP contribution in [0.2, 0.25) is 0 Å². The first-order valence-electron chi connectivity index (χ1n) is 7.35. The van der Waals surface area contributed by atoms with E-state index in [9.17, 15) is 13.2 Å². The van der Waals surface area contributed by atoms with E-state index in [2.05, 4.69) is 24.1 Å². The summed E-state index contributed by atoms with van der Waals surface area (Å²) in [5.74, 6) is 0.670.